The molecule has 4 rings (SSSR count). The first kappa shape index (κ1) is 24.0. The topological polar surface area (TPSA) is 132 Å². The first-order valence-electron chi connectivity index (χ1n) is 10.4. The number of aryl methyl sites for hydroxylation is 1. The van der Waals surface area contributed by atoms with Crippen LogP contribution in [0.3, 0.4) is 0 Å². The molecule has 0 aliphatic rings. The molecule has 0 radical (unpaired) electrons. The first-order chi connectivity index (χ1) is 16.9. The Morgan fingerprint density at radius 1 is 1.11 bits per heavy atom. The summed E-state index contributed by atoms with van der Waals surface area (Å²) in [4.78, 5) is 37.9. The van der Waals surface area contributed by atoms with E-state index in [9.17, 15) is 19.6 Å². The molecule has 0 saturated carbocycles. The summed E-state index contributed by atoms with van der Waals surface area (Å²) in [5.41, 5.74) is 2.47. The number of carbonyl (C=O) groups excluding carboxylic acids is 2. The summed E-state index contributed by atoms with van der Waals surface area (Å²) in [7, 11) is 0. The Morgan fingerprint density at radius 3 is 2.51 bits per heavy atom. The van der Waals surface area contributed by atoms with Gasteiger partial charge in [-0.2, -0.15) is 5.26 Å². The molecule has 35 heavy (non-hydrogen) atoms. The van der Waals surface area contributed by atoms with Crippen LogP contribution in [-0.4, -0.2) is 22.8 Å². The lowest BCUT2D eigenvalue weighted by Crippen LogP contribution is -2.36. The van der Waals surface area contributed by atoms with Crippen molar-refractivity contribution in [2.45, 2.75) is 18.9 Å². The van der Waals surface area contributed by atoms with Gasteiger partial charge < -0.3 is 10.6 Å². The number of hydrogen-bond acceptors (Lipinski definition) is 7. The maximum atomic E-state index is 12.7. The highest BCUT2D eigenvalue weighted by atomic mass is 32.2. The van der Waals surface area contributed by atoms with Gasteiger partial charge in [0.05, 0.1) is 16.2 Å². The Kier molecular flexibility index (Phi) is 7.14. The Balaban J connectivity index is 1.47. The molecule has 3 N–H and O–H groups in total. The number of aromatic amines is 1. The lowest BCUT2D eigenvalue weighted by Gasteiger charge is -2.03. The Bertz CT molecular complexity index is 1480. The number of H-pyrrole nitrogens is 1. The number of rotatable bonds is 7. The van der Waals surface area contributed by atoms with Crippen molar-refractivity contribution in [2.24, 2.45) is 0 Å². The highest BCUT2D eigenvalue weighted by molar-refractivity contribution is 7.99. The number of nitrogens with one attached hydrogen (secondary N) is 3. The predicted octanol–water partition coefficient (Wildman–Crippen LogP) is 3.78. The zero-order valence-corrected chi connectivity index (χ0v) is 20.4. The first-order valence-corrected chi connectivity index (χ1v) is 12.2. The summed E-state index contributed by atoms with van der Waals surface area (Å²) < 4.78 is 6.37. The van der Waals surface area contributed by atoms with Gasteiger partial charge in [0.2, 0.25) is 11.6 Å². The van der Waals surface area contributed by atoms with E-state index in [1.807, 2.05) is 37.3 Å². The third kappa shape index (κ3) is 5.34. The number of nitrogens with zero attached hydrogens (tertiary/aromatic N) is 2. The van der Waals surface area contributed by atoms with Gasteiger partial charge in [-0.05, 0) is 53.3 Å². The molecule has 0 atom stereocenters. The van der Waals surface area contributed by atoms with Crippen molar-refractivity contribution in [1.82, 2.24) is 5.27 Å². The van der Waals surface area contributed by atoms with E-state index in [2.05, 4.69) is 22.0 Å². The van der Waals surface area contributed by atoms with Crippen molar-refractivity contribution in [2.75, 3.05) is 16.4 Å². The fourth-order valence-electron chi connectivity index (χ4n) is 3.21. The van der Waals surface area contributed by atoms with Crippen LogP contribution in [0.5, 0.6) is 0 Å². The van der Waals surface area contributed by atoms with Gasteiger partial charge in [-0.1, -0.05) is 35.9 Å². The van der Waals surface area contributed by atoms with E-state index in [-0.39, 0.29) is 27.3 Å². The minimum Gasteiger partial charge on any atom is -0.321 e. The monoisotopic (exact) mass is 506 g/mol. The Morgan fingerprint density at radius 2 is 1.83 bits per heavy atom. The van der Waals surface area contributed by atoms with Crippen LogP contribution in [0.1, 0.15) is 26.4 Å². The normalized spacial score (nSPS) is 10.5. The molecule has 2 aromatic carbocycles. The maximum absolute atomic E-state index is 12.7. The van der Waals surface area contributed by atoms with E-state index >= 15 is 0 Å². The van der Waals surface area contributed by atoms with Crippen LogP contribution in [0.4, 0.5) is 10.7 Å². The van der Waals surface area contributed by atoms with Crippen LogP contribution in [0, 0.1) is 25.2 Å². The number of para-hydroxylation sites is 1. The van der Waals surface area contributed by atoms with Gasteiger partial charge in [0, 0.05) is 17.8 Å². The highest BCUT2D eigenvalue weighted by Crippen LogP contribution is 2.33. The third-order valence-electron chi connectivity index (χ3n) is 4.99. The quantitative estimate of drug-likeness (QED) is 0.258. The number of benzene rings is 2. The second-order valence-electron chi connectivity index (χ2n) is 7.49. The SMILES string of the molecule is Cc1ccc(-[n+]2[nH]oc(=O)c2SCC(=O)Nc2sc(C(=O)Nc3ccccc3)c(C)c2C#N)cc1. The lowest BCUT2D eigenvalue weighted by atomic mass is 10.1. The molecule has 2 aromatic heterocycles. The van der Waals surface area contributed by atoms with Crippen LogP contribution in [-0.2, 0) is 4.79 Å². The average molecular weight is 507 g/mol. The van der Waals surface area contributed by atoms with Crippen molar-refractivity contribution in [3.63, 3.8) is 0 Å². The van der Waals surface area contributed by atoms with Gasteiger partial charge in [0.15, 0.2) is 0 Å². The summed E-state index contributed by atoms with van der Waals surface area (Å²) >= 11 is 2.02. The van der Waals surface area contributed by atoms with E-state index in [0.717, 1.165) is 28.7 Å². The molecule has 11 heteroatoms. The lowest BCUT2D eigenvalue weighted by molar-refractivity contribution is -0.704. The second kappa shape index (κ2) is 10.4. The number of carbonyl (C=O) groups is 2. The molecule has 2 heterocycles. The summed E-state index contributed by atoms with van der Waals surface area (Å²) in [6.07, 6.45) is 0. The largest absolute Gasteiger partial charge is 0.442 e. The van der Waals surface area contributed by atoms with Crippen molar-refractivity contribution in [3.05, 3.63) is 86.6 Å². The smallest absolute Gasteiger partial charge is 0.321 e. The molecule has 0 unspecified atom stereocenters. The molecule has 4 aromatic rings. The third-order valence-corrected chi connectivity index (χ3v) is 7.22. The zero-order chi connectivity index (χ0) is 24.9. The minimum absolute atomic E-state index is 0.109. The summed E-state index contributed by atoms with van der Waals surface area (Å²) in [6, 6.07) is 18.4. The van der Waals surface area contributed by atoms with Gasteiger partial charge in [0.1, 0.15) is 11.1 Å². The molecule has 0 aliphatic carbocycles. The minimum atomic E-state index is -0.604. The standard InChI is InChI=1S/C24H19N5O4S2/c1-14-8-10-17(11-9-14)29-23(24(32)33-28-29)34-13-19(30)27-22-18(12-25)15(2)20(35-22)21(31)26-16-6-4-3-5-7-16/h3-11H,13H2,1-2H3,(H2-,26,27,28,30,31,32)/p+1. The molecule has 0 aliphatic heterocycles. The second-order valence-corrected chi connectivity index (χ2v) is 9.47. The van der Waals surface area contributed by atoms with Crippen molar-refractivity contribution >= 4 is 45.6 Å². The van der Waals surface area contributed by atoms with E-state index in [1.54, 1.807) is 31.2 Å². The van der Waals surface area contributed by atoms with Crippen molar-refractivity contribution in [3.8, 4) is 11.8 Å². The summed E-state index contributed by atoms with van der Waals surface area (Å²) in [5, 5.41) is 18.1. The number of hydrogen-bond donors (Lipinski definition) is 3. The average Bonchev–Trinajstić information content (AvgIpc) is 3.37. The predicted molar refractivity (Wildman–Crippen MR) is 133 cm³/mol. The van der Waals surface area contributed by atoms with Crippen LogP contribution < -0.4 is 20.9 Å². The zero-order valence-electron chi connectivity index (χ0n) is 18.7. The van der Waals surface area contributed by atoms with Crippen LogP contribution >= 0.6 is 23.1 Å². The molecule has 0 bridgehead atoms. The Labute approximate surface area is 208 Å². The van der Waals surface area contributed by atoms with Crippen LogP contribution in [0.2, 0.25) is 0 Å². The van der Waals surface area contributed by atoms with E-state index in [4.69, 9.17) is 4.52 Å². The van der Waals surface area contributed by atoms with Crippen LogP contribution in [0.25, 0.3) is 5.69 Å². The summed E-state index contributed by atoms with van der Waals surface area (Å²) in [6.45, 7) is 3.61. The van der Waals surface area contributed by atoms with Gasteiger partial charge in [-0.3, -0.25) is 14.1 Å². The van der Waals surface area contributed by atoms with E-state index in [0.29, 0.717) is 21.8 Å². The van der Waals surface area contributed by atoms with Gasteiger partial charge in [0.25, 0.3) is 5.91 Å². The van der Waals surface area contributed by atoms with Crippen molar-refractivity contribution in [1.29, 1.82) is 5.26 Å². The maximum Gasteiger partial charge on any atom is 0.442 e. The summed E-state index contributed by atoms with van der Waals surface area (Å²) in [5.74, 6) is -0.907. The molecule has 0 fully saturated rings. The number of thiophene rings is 1. The molecule has 0 spiro atoms. The fraction of sp³-hybridized carbons (Fsp3) is 0.125. The molecule has 0 saturated heterocycles. The van der Waals surface area contributed by atoms with Gasteiger partial charge in [-0.15, -0.1) is 11.3 Å². The highest BCUT2D eigenvalue weighted by Gasteiger charge is 2.26. The van der Waals surface area contributed by atoms with Gasteiger partial charge in [-0.25, -0.2) is 4.79 Å². The number of anilines is 2. The molecule has 176 valence electrons. The number of aromatic nitrogens is 2. The van der Waals surface area contributed by atoms with Crippen LogP contribution in [0.15, 0.2) is 68.9 Å². The number of amides is 2. The van der Waals surface area contributed by atoms with E-state index < -0.39 is 11.5 Å². The molecular weight excluding hydrogens is 486 g/mol. The Hall–Kier alpha value is -4.14. The van der Waals surface area contributed by atoms with E-state index in [1.165, 1.54) is 4.68 Å². The van der Waals surface area contributed by atoms with Crippen molar-refractivity contribution < 1.29 is 18.8 Å². The number of thioether (sulfide) groups is 1. The fourth-order valence-corrected chi connectivity index (χ4v) is 5.05. The molecule has 2 amide bonds. The molecule has 9 nitrogen and oxygen atoms in total. The molecular formula is C24H20N5O4S2+. The number of nitriles is 1. The van der Waals surface area contributed by atoms with Gasteiger partial charge >= 0.3 is 10.7 Å².